The molecule has 0 aromatic carbocycles. The summed E-state index contributed by atoms with van der Waals surface area (Å²) in [5.41, 5.74) is 0. The van der Waals surface area contributed by atoms with Crippen LogP contribution in [0.5, 0.6) is 0 Å². The summed E-state index contributed by atoms with van der Waals surface area (Å²) in [6, 6.07) is 0. The Hall–Kier alpha value is -0.150. The average Bonchev–Trinajstić information content (AvgIpc) is 2.30. The third-order valence-electron chi connectivity index (χ3n) is 2.45. The number of ether oxygens (including phenoxy) is 2. The predicted octanol–water partition coefficient (Wildman–Crippen LogP) is -2.49. The van der Waals surface area contributed by atoms with Gasteiger partial charge in [0.05, 0.1) is 20.0 Å². The van der Waals surface area contributed by atoms with Crippen molar-refractivity contribution in [2.45, 2.75) is 25.7 Å². The maximum Gasteiger partial charge on any atom is 1.00 e. The van der Waals surface area contributed by atoms with Crippen LogP contribution in [-0.4, -0.2) is 44.9 Å². The molecule has 0 heterocycles. The molecule has 0 aliphatic carbocycles. The zero-order valence-electron chi connectivity index (χ0n) is 12.4. The third kappa shape index (κ3) is 12.6. The second kappa shape index (κ2) is 10.6. The summed E-state index contributed by atoms with van der Waals surface area (Å²) in [6.07, 6.45) is 0.481. The van der Waals surface area contributed by atoms with Crippen molar-refractivity contribution in [3.63, 3.8) is 0 Å². The fraction of sp³-hybridized carbons (Fsp3) is 0.800. The molecule has 0 aliphatic rings. The zero-order chi connectivity index (χ0) is 14.2. The minimum absolute atomic E-state index is 0. The standard InChI is InChI=1S/C10H18O7S.Na.H/c1-16-9(11)4-3-8(7-10(12)17-2)5-6-18(13,14)15;;/h8H,3-7H2,1-2H3,(H,13,14,15);;/q;+1;-1. The third-order valence-corrected chi connectivity index (χ3v) is 3.20. The van der Waals surface area contributed by atoms with Gasteiger partial charge in [-0.15, -0.1) is 0 Å². The molecule has 0 radical (unpaired) electrons. The van der Waals surface area contributed by atoms with Crippen LogP contribution in [0, 0.1) is 5.92 Å². The van der Waals surface area contributed by atoms with E-state index in [9.17, 15) is 18.0 Å². The van der Waals surface area contributed by atoms with Crippen LogP contribution in [-0.2, 0) is 29.2 Å². The number of carbonyl (C=O) groups excluding carboxylic acids is 2. The minimum atomic E-state index is -4.07. The van der Waals surface area contributed by atoms with E-state index in [4.69, 9.17) is 4.55 Å². The van der Waals surface area contributed by atoms with Crippen LogP contribution < -0.4 is 29.6 Å². The van der Waals surface area contributed by atoms with Gasteiger partial charge in [0.25, 0.3) is 10.1 Å². The number of methoxy groups -OCH3 is 2. The molecule has 1 N–H and O–H groups in total. The zero-order valence-corrected chi connectivity index (χ0v) is 14.2. The molecule has 0 amide bonds. The summed E-state index contributed by atoms with van der Waals surface area (Å²) >= 11 is 0. The van der Waals surface area contributed by atoms with Crippen LogP contribution in [0.2, 0.25) is 0 Å². The van der Waals surface area contributed by atoms with Gasteiger partial charge in [0.15, 0.2) is 0 Å². The smallest absolute Gasteiger partial charge is 1.00 e. The van der Waals surface area contributed by atoms with E-state index in [0.717, 1.165) is 0 Å². The molecule has 0 aliphatic heterocycles. The molecule has 0 saturated carbocycles. The summed E-state index contributed by atoms with van der Waals surface area (Å²) < 4.78 is 38.8. The van der Waals surface area contributed by atoms with Crippen molar-refractivity contribution in [2.75, 3.05) is 20.0 Å². The average molecular weight is 306 g/mol. The van der Waals surface area contributed by atoms with Gasteiger partial charge in [0.2, 0.25) is 0 Å². The molecular formula is C10H19NaO7S. The van der Waals surface area contributed by atoms with E-state index in [2.05, 4.69) is 9.47 Å². The van der Waals surface area contributed by atoms with E-state index >= 15 is 0 Å². The van der Waals surface area contributed by atoms with Gasteiger partial charge in [-0.05, 0) is 18.8 Å². The SMILES string of the molecule is COC(=O)CCC(CCS(=O)(=O)O)CC(=O)OC.[H-].[Na+]. The Kier molecular flexibility index (Phi) is 11.8. The van der Waals surface area contributed by atoms with Crippen LogP contribution in [0.3, 0.4) is 0 Å². The van der Waals surface area contributed by atoms with Gasteiger partial charge >= 0.3 is 41.5 Å². The fourth-order valence-corrected chi connectivity index (χ4v) is 2.04. The van der Waals surface area contributed by atoms with E-state index in [0.29, 0.717) is 6.42 Å². The number of hydrogen-bond acceptors (Lipinski definition) is 6. The molecule has 19 heavy (non-hydrogen) atoms. The first-order chi connectivity index (χ1) is 8.28. The fourth-order valence-electron chi connectivity index (χ4n) is 1.41. The first kappa shape index (κ1) is 21.2. The molecule has 0 fully saturated rings. The molecule has 0 rings (SSSR count). The molecule has 1 unspecified atom stereocenters. The maximum absolute atomic E-state index is 11.1. The van der Waals surface area contributed by atoms with E-state index in [1.165, 1.54) is 14.2 Å². The molecule has 0 aromatic heterocycles. The monoisotopic (exact) mass is 306 g/mol. The van der Waals surface area contributed by atoms with Crippen molar-refractivity contribution in [1.82, 2.24) is 0 Å². The van der Waals surface area contributed by atoms with Gasteiger partial charge in [-0.3, -0.25) is 14.1 Å². The molecule has 0 saturated heterocycles. The minimum Gasteiger partial charge on any atom is -1.00 e. The van der Waals surface area contributed by atoms with E-state index in [1.54, 1.807) is 0 Å². The molecule has 1 atom stereocenters. The first-order valence-corrected chi connectivity index (χ1v) is 6.98. The molecular weight excluding hydrogens is 287 g/mol. The Morgan fingerprint density at radius 1 is 1.16 bits per heavy atom. The second-order valence-corrected chi connectivity index (χ2v) is 5.41. The normalized spacial score (nSPS) is 12.2. The van der Waals surface area contributed by atoms with Crippen molar-refractivity contribution >= 4 is 22.1 Å². The summed E-state index contributed by atoms with van der Waals surface area (Å²) in [4.78, 5) is 22.1. The van der Waals surface area contributed by atoms with Crippen LogP contribution in [0.15, 0.2) is 0 Å². The molecule has 0 bridgehead atoms. The quantitative estimate of drug-likeness (QED) is 0.300. The Balaban J connectivity index is -0.00000144. The Bertz CT molecular complexity index is 385. The van der Waals surface area contributed by atoms with Crippen LogP contribution in [0.4, 0.5) is 0 Å². The van der Waals surface area contributed by atoms with Crippen molar-refractivity contribution in [2.24, 2.45) is 5.92 Å². The molecule has 108 valence electrons. The van der Waals surface area contributed by atoms with Gasteiger partial charge in [0, 0.05) is 12.8 Å². The van der Waals surface area contributed by atoms with Crippen molar-refractivity contribution in [3.8, 4) is 0 Å². The molecule has 0 aromatic rings. The Morgan fingerprint density at radius 3 is 2.11 bits per heavy atom. The second-order valence-electron chi connectivity index (χ2n) is 3.84. The molecule has 7 nitrogen and oxygen atoms in total. The van der Waals surface area contributed by atoms with Crippen molar-refractivity contribution in [3.05, 3.63) is 0 Å². The van der Waals surface area contributed by atoms with E-state index < -0.39 is 27.8 Å². The number of hydrogen-bond donors (Lipinski definition) is 1. The summed E-state index contributed by atoms with van der Waals surface area (Å²) in [7, 11) is -1.60. The summed E-state index contributed by atoms with van der Waals surface area (Å²) in [6.45, 7) is 0. The van der Waals surface area contributed by atoms with Crippen molar-refractivity contribution < 1.29 is 63.0 Å². The Labute approximate surface area is 136 Å². The summed E-state index contributed by atoms with van der Waals surface area (Å²) in [5, 5.41) is 0. The summed E-state index contributed by atoms with van der Waals surface area (Å²) in [5.74, 6) is -1.72. The topological polar surface area (TPSA) is 107 Å². The van der Waals surface area contributed by atoms with Gasteiger partial charge < -0.3 is 10.9 Å². The molecule has 9 heteroatoms. The maximum atomic E-state index is 11.1. The van der Waals surface area contributed by atoms with Crippen LogP contribution in [0.25, 0.3) is 0 Å². The number of rotatable bonds is 8. The van der Waals surface area contributed by atoms with Gasteiger partial charge in [-0.2, -0.15) is 8.42 Å². The first-order valence-electron chi connectivity index (χ1n) is 5.37. The van der Waals surface area contributed by atoms with Crippen LogP contribution in [0.1, 0.15) is 27.1 Å². The van der Waals surface area contributed by atoms with Gasteiger partial charge in [-0.1, -0.05) is 0 Å². The van der Waals surface area contributed by atoms with Crippen molar-refractivity contribution in [1.29, 1.82) is 0 Å². The van der Waals surface area contributed by atoms with Crippen LogP contribution >= 0.6 is 0 Å². The van der Waals surface area contributed by atoms with E-state index in [-0.39, 0.29) is 56.2 Å². The van der Waals surface area contributed by atoms with Gasteiger partial charge in [0.1, 0.15) is 0 Å². The largest absolute Gasteiger partial charge is 1.00 e. The predicted molar refractivity (Wildman–Crippen MR) is 63.5 cm³/mol. The number of carbonyl (C=O) groups is 2. The van der Waals surface area contributed by atoms with Gasteiger partial charge in [-0.25, -0.2) is 0 Å². The molecule has 0 spiro atoms. The Morgan fingerprint density at radius 2 is 1.68 bits per heavy atom. The van der Waals surface area contributed by atoms with E-state index in [1.807, 2.05) is 0 Å². The number of esters is 2.